The van der Waals surface area contributed by atoms with Gasteiger partial charge in [-0.1, -0.05) is 0 Å². The molecule has 0 N–H and O–H groups in total. The van der Waals surface area contributed by atoms with Crippen LogP contribution < -0.4 is 0 Å². The summed E-state index contributed by atoms with van der Waals surface area (Å²) in [4.78, 5) is 4.79. The fraction of sp³-hybridized carbons (Fsp3) is 1.00. The topological polar surface area (TPSA) is 15.7 Å². The highest BCUT2D eigenvalue weighted by atomic mass is 16.5. The Kier molecular flexibility index (Phi) is 1.64. The molecule has 3 heteroatoms. The van der Waals surface area contributed by atoms with Crippen LogP contribution in [0.5, 0.6) is 0 Å². The summed E-state index contributed by atoms with van der Waals surface area (Å²) in [7, 11) is 2.18. The molecule has 0 radical (unpaired) electrons. The SMILES string of the molecule is CN1CCN2COC[C@@H]2C1. The molecule has 58 valence electrons. The molecule has 0 aromatic carbocycles. The minimum atomic E-state index is 0.679. The lowest BCUT2D eigenvalue weighted by Gasteiger charge is -2.33. The zero-order valence-corrected chi connectivity index (χ0v) is 6.42. The zero-order chi connectivity index (χ0) is 6.97. The predicted octanol–water partition coefficient (Wildman–Crippen LogP) is -0.410. The molecule has 2 rings (SSSR count). The van der Waals surface area contributed by atoms with Gasteiger partial charge in [-0.2, -0.15) is 0 Å². The van der Waals surface area contributed by atoms with Crippen LogP contribution in [-0.4, -0.2) is 55.9 Å². The third-order valence-corrected chi connectivity index (χ3v) is 2.38. The third-order valence-electron chi connectivity index (χ3n) is 2.38. The number of likely N-dealkylation sites (N-methyl/N-ethyl adjacent to an activating group) is 1. The molecule has 10 heavy (non-hydrogen) atoms. The normalized spacial score (nSPS) is 36.3. The zero-order valence-electron chi connectivity index (χ0n) is 6.42. The van der Waals surface area contributed by atoms with Crippen LogP contribution in [-0.2, 0) is 4.74 Å². The van der Waals surface area contributed by atoms with E-state index in [1.807, 2.05) is 0 Å². The van der Waals surface area contributed by atoms with Gasteiger partial charge in [0.1, 0.15) is 0 Å². The fourth-order valence-corrected chi connectivity index (χ4v) is 1.68. The van der Waals surface area contributed by atoms with E-state index in [1.165, 1.54) is 19.6 Å². The van der Waals surface area contributed by atoms with Gasteiger partial charge in [-0.25, -0.2) is 0 Å². The van der Waals surface area contributed by atoms with Crippen LogP contribution in [0.15, 0.2) is 0 Å². The summed E-state index contributed by atoms with van der Waals surface area (Å²) in [6.45, 7) is 5.35. The Balaban J connectivity index is 1.96. The number of fused-ring (bicyclic) bond motifs is 1. The van der Waals surface area contributed by atoms with E-state index in [4.69, 9.17) is 4.74 Å². The summed E-state index contributed by atoms with van der Waals surface area (Å²) in [6, 6.07) is 0.679. The number of nitrogens with zero attached hydrogens (tertiary/aromatic N) is 2. The molecule has 0 amide bonds. The monoisotopic (exact) mass is 142 g/mol. The highest BCUT2D eigenvalue weighted by Crippen LogP contribution is 2.13. The van der Waals surface area contributed by atoms with Crippen LogP contribution in [0.1, 0.15) is 0 Å². The Morgan fingerprint density at radius 2 is 2.30 bits per heavy atom. The van der Waals surface area contributed by atoms with Crippen molar-refractivity contribution >= 4 is 0 Å². The molecule has 0 aromatic heterocycles. The first kappa shape index (κ1) is 6.58. The molecule has 1 atom stereocenters. The predicted molar refractivity (Wildman–Crippen MR) is 38.8 cm³/mol. The standard InChI is InChI=1S/C7H14N2O/c1-8-2-3-9-6-10-5-7(9)4-8/h7H,2-6H2,1H3/t7-/m0/s1. The van der Waals surface area contributed by atoms with Crippen molar-refractivity contribution in [3.05, 3.63) is 0 Å². The molecule has 2 heterocycles. The molecule has 0 aliphatic carbocycles. The van der Waals surface area contributed by atoms with Crippen molar-refractivity contribution in [2.24, 2.45) is 0 Å². The van der Waals surface area contributed by atoms with E-state index >= 15 is 0 Å². The first-order chi connectivity index (χ1) is 4.86. The van der Waals surface area contributed by atoms with Crippen LogP contribution in [0.25, 0.3) is 0 Å². The van der Waals surface area contributed by atoms with Gasteiger partial charge in [0.25, 0.3) is 0 Å². The molecule has 0 spiro atoms. The second-order valence-electron chi connectivity index (χ2n) is 3.23. The van der Waals surface area contributed by atoms with Crippen LogP contribution >= 0.6 is 0 Å². The minimum absolute atomic E-state index is 0.679. The van der Waals surface area contributed by atoms with Gasteiger partial charge in [-0.3, -0.25) is 4.90 Å². The summed E-state index contributed by atoms with van der Waals surface area (Å²) < 4.78 is 5.34. The van der Waals surface area contributed by atoms with Crippen molar-refractivity contribution in [1.82, 2.24) is 9.80 Å². The summed E-state index contributed by atoms with van der Waals surface area (Å²) in [6.07, 6.45) is 0. The summed E-state index contributed by atoms with van der Waals surface area (Å²) in [5.41, 5.74) is 0. The highest BCUT2D eigenvalue weighted by molar-refractivity contribution is 4.82. The Labute approximate surface area is 61.6 Å². The first-order valence-corrected chi connectivity index (χ1v) is 3.86. The molecule has 0 bridgehead atoms. The maximum atomic E-state index is 5.34. The van der Waals surface area contributed by atoms with Gasteiger partial charge < -0.3 is 9.64 Å². The van der Waals surface area contributed by atoms with Crippen molar-refractivity contribution < 1.29 is 4.74 Å². The van der Waals surface area contributed by atoms with Gasteiger partial charge in [-0.15, -0.1) is 0 Å². The van der Waals surface area contributed by atoms with Crippen LogP contribution in [0.4, 0.5) is 0 Å². The Hall–Kier alpha value is -0.120. The van der Waals surface area contributed by atoms with E-state index in [0.717, 1.165) is 13.3 Å². The summed E-state index contributed by atoms with van der Waals surface area (Å²) >= 11 is 0. The molecule has 0 saturated carbocycles. The molecular formula is C7H14N2O. The lowest BCUT2D eigenvalue weighted by molar-refractivity contribution is 0.103. The average Bonchev–Trinajstić information content (AvgIpc) is 2.33. The molecule has 2 aliphatic heterocycles. The number of hydrogen-bond donors (Lipinski definition) is 0. The lowest BCUT2D eigenvalue weighted by Crippen LogP contribution is -2.49. The van der Waals surface area contributed by atoms with Crippen molar-refractivity contribution in [3.63, 3.8) is 0 Å². The number of ether oxygens (including phenoxy) is 1. The molecular weight excluding hydrogens is 128 g/mol. The third kappa shape index (κ3) is 1.05. The molecule has 2 aliphatic rings. The average molecular weight is 142 g/mol. The fourth-order valence-electron chi connectivity index (χ4n) is 1.68. The van der Waals surface area contributed by atoms with E-state index in [9.17, 15) is 0 Å². The maximum Gasteiger partial charge on any atom is 0.0995 e. The lowest BCUT2D eigenvalue weighted by atomic mass is 10.2. The molecule has 2 fully saturated rings. The van der Waals surface area contributed by atoms with Gasteiger partial charge in [0, 0.05) is 25.7 Å². The van der Waals surface area contributed by atoms with Crippen molar-refractivity contribution in [2.45, 2.75) is 6.04 Å². The van der Waals surface area contributed by atoms with Crippen molar-refractivity contribution in [2.75, 3.05) is 40.0 Å². The molecule has 0 aromatic rings. The number of hydrogen-bond acceptors (Lipinski definition) is 3. The Bertz CT molecular complexity index is 129. The van der Waals surface area contributed by atoms with Gasteiger partial charge in [0.15, 0.2) is 0 Å². The smallest absolute Gasteiger partial charge is 0.0995 e. The second-order valence-corrected chi connectivity index (χ2v) is 3.23. The Morgan fingerprint density at radius 1 is 1.40 bits per heavy atom. The minimum Gasteiger partial charge on any atom is -0.364 e. The second kappa shape index (κ2) is 2.49. The van der Waals surface area contributed by atoms with E-state index in [-0.39, 0.29) is 0 Å². The van der Waals surface area contributed by atoms with E-state index < -0.39 is 0 Å². The van der Waals surface area contributed by atoms with Gasteiger partial charge in [0.05, 0.1) is 13.3 Å². The largest absolute Gasteiger partial charge is 0.364 e. The Morgan fingerprint density at radius 3 is 3.20 bits per heavy atom. The highest BCUT2D eigenvalue weighted by Gasteiger charge is 2.29. The van der Waals surface area contributed by atoms with Gasteiger partial charge >= 0.3 is 0 Å². The quantitative estimate of drug-likeness (QED) is 0.457. The van der Waals surface area contributed by atoms with Gasteiger partial charge in [0.2, 0.25) is 0 Å². The molecule has 2 saturated heterocycles. The molecule has 3 nitrogen and oxygen atoms in total. The van der Waals surface area contributed by atoms with E-state index in [2.05, 4.69) is 16.8 Å². The van der Waals surface area contributed by atoms with E-state index in [0.29, 0.717) is 6.04 Å². The van der Waals surface area contributed by atoms with Crippen LogP contribution in [0.3, 0.4) is 0 Å². The van der Waals surface area contributed by atoms with Crippen molar-refractivity contribution in [1.29, 1.82) is 0 Å². The van der Waals surface area contributed by atoms with Gasteiger partial charge in [-0.05, 0) is 7.05 Å². The van der Waals surface area contributed by atoms with Crippen LogP contribution in [0, 0.1) is 0 Å². The van der Waals surface area contributed by atoms with Crippen LogP contribution in [0.2, 0.25) is 0 Å². The molecule has 0 unspecified atom stereocenters. The number of piperazine rings is 1. The van der Waals surface area contributed by atoms with E-state index in [1.54, 1.807) is 0 Å². The number of rotatable bonds is 0. The first-order valence-electron chi connectivity index (χ1n) is 3.86. The maximum absolute atomic E-state index is 5.34. The van der Waals surface area contributed by atoms with Crippen molar-refractivity contribution in [3.8, 4) is 0 Å². The summed E-state index contributed by atoms with van der Waals surface area (Å²) in [5, 5.41) is 0. The summed E-state index contributed by atoms with van der Waals surface area (Å²) in [5.74, 6) is 0.